The van der Waals surface area contributed by atoms with Gasteiger partial charge >= 0.3 is 0 Å². The van der Waals surface area contributed by atoms with Crippen molar-refractivity contribution in [1.29, 1.82) is 0 Å². The average molecular weight is 557 g/mol. The van der Waals surface area contributed by atoms with Crippen LogP contribution in [-0.2, 0) is 26.2 Å². The Hall–Kier alpha value is -2.29. The number of halogens is 2. The molecule has 10 heteroatoms. The molecule has 0 spiro atoms. The molecule has 1 unspecified atom stereocenters. The predicted octanol–water partition coefficient (Wildman–Crippen LogP) is 5.26. The van der Waals surface area contributed by atoms with Gasteiger partial charge in [-0.05, 0) is 63.4 Å². The molecular weight excluding hydrogens is 521 g/mol. The van der Waals surface area contributed by atoms with Crippen molar-refractivity contribution in [1.82, 2.24) is 10.2 Å². The number of nitrogens with zero attached hydrogens (tertiary/aromatic N) is 2. The number of rotatable bonds is 11. The maximum Gasteiger partial charge on any atom is 0.243 e. The van der Waals surface area contributed by atoms with Crippen LogP contribution in [0.5, 0.6) is 0 Å². The number of anilines is 1. The third-order valence-corrected chi connectivity index (χ3v) is 7.22. The average Bonchev–Trinajstić information content (AvgIpc) is 2.76. The molecule has 0 aliphatic rings. The molecule has 0 fully saturated rings. The number of amides is 2. The molecule has 0 saturated heterocycles. The van der Waals surface area contributed by atoms with Crippen LogP contribution in [0.2, 0.25) is 10.0 Å². The molecule has 7 nitrogen and oxygen atoms in total. The van der Waals surface area contributed by atoms with Gasteiger partial charge in [-0.2, -0.15) is 0 Å². The lowest BCUT2D eigenvalue weighted by Gasteiger charge is -2.33. The lowest BCUT2D eigenvalue weighted by atomic mass is 10.0. The number of hydrogen-bond donors (Lipinski definition) is 1. The number of carbonyl (C=O) groups excluding carboxylic acids is 2. The first-order chi connectivity index (χ1) is 16.7. The van der Waals surface area contributed by atoms with Crippen molar-refractivity contribution in [2.24, 2.45) is 0 Å². The summed E-state index contributed by atoms with van der Waals surface area (Å²) in [5.74, 6) is -0.524. The van der Waals surface area contributed by atoms with Gasteiger partial charge in [-0.15, -0.1) is 0 Å². The van der Waals surface area contributed by atoms with E-state index < -0.39 is 21.6 Å². The number of nitrogens with one attached hydrogen (secondary N) is 1. The van der Waals surface area contributed by atoms with Gasteiger partial charge < -0.3 is 10.2 Å². The Balaban J connectivity index is 2.26. The lowest BCUT2D eigenvalue weighted by Crippen LogP contribution is -2.53. The van der Waals surface area contributed by atoms with Gasteiger partial charge in [0.15, 0.2) is 0 Å². The first-order valence-corrected chi connectivity index (χ1v) is 14.4. The maximum absolute atomic E-state index is 13.5. The Kier molecular flexibility index (Phi) is 10.6. The fourth-order valence-electron chi connectivity index (χ4n) is 3.80. The summed E-state index contributed by atoms with van der Waals surface area (Å²) in [6.07, 6.45) is 1.88. The van der Waals surface area contributed by atoms with E-state index >= 15 is 0 Å². The van der Waals surface area contributed by atoms with E-state index in [1.807, 2.05) is 27.7 Å². The summed E-state index contributed by atoms with van der Waals surface area (Å²) in [5.41, 5.74) is 0.731. The predicted molar refractivity (Wildman–Crippen MR) is 147 cm³/mol. The zero-order valence-electron chi connectivity index (χ0n) is 21.4. The van der Waals surface area contributed by atoms with Crippen LogP contribution in [-0.4, -0.2) is 49.5 Å². The fourth-order valence-corrected chi connectivity index (χ4v) is 5.24. The smallest absolute Gasteiger partial charge is 0.243 e. The summed E-state index contributed by atoms with van der Waals surface area (Å²) in [6.45, 7) is 7.74. The molecule has 0 aromatic heterocycles. The molecule has 0 radical (unpaired) electrons. The zero-order valence-corrected chi connectivity index (χ0v) is 23.8. The summed E-state index contributed by atoms with van der Waals surface area (Å²) in [4.78, 5) is 28.1. The Morgan fingerprint density at radius 1 is 1.06 bits per heavy atom. The number of sulfonamides is 1. The van der Waals surface area contributed by atoms with Gasteiger partial charge in [-0.25, -0.2) is 8.42 Å². The first kappa shape index (κ1) is 29.9. The van der Waals surface area contributed by atoms with E-state index in [1.54, 1.807) is 48.5 Å². The fraction of sp³-hybridized carbons (Fsp3) is 0.462. The summed E-state index contributed by atoms with van der Waals surface area (Å²) in [7, 11) is -3.53. The molecule has 36 heavy (non-hydrogen) atoms. The van der Waals surface area contributed by atoms with Gasteiger partial charge in [0.2, 0.25) is 21.8 Å². The summed E-state index contributed by atoms with van der Waals surface area (Å²) in [6, 6.07) is 13.0. The largest absolute Gasteiger partial charge is 0.350 e. The van der Waals surface area contributed by atoms with Gasteiger partial charge in [0.25, 0.3) is 0 Å². The molecule has 2 aromatic rings. The van der Waals surface area contributed by atoms with Crippen LogP contribution >= 0.6 is 23.2 Å². The molecule has 0 aliphatic heterocycles. The number of hydrogen-bond acceptors (Lipinski definition) is 4. The molecule has 0 bridgehead atoms. The highest BCUT2D eigenvalue weighted by Crippen LogP contribution is 2.25. The Bertz CT molecular complexity index is 1150. The normalized spacial score (nSPS) is 12.6. The zero-order chi connectivity index (χ0) is 27.1. The Labute approximate surface area is 224 Å². The van der Waals surface area contributed by atoms with E-state index in [4.69, 9.17) is 23.2 Å². The molecule has 2 amide bonds. The van der Waals surface area contributed by atoms with Crippen LogP contribution in [0, 0.1) is 0 Å². The molecule has 1 N–H and O–H groups in total. The van der Waals surface area contributed by atoms with E-state index in [0.717, 1.165) is 6.26 Å². The Morgan fingerprint density at radius 2 is 1.69 bits per heavy atom. The van der Waals surface area contributed by atoms with Gasteiger partial charge in [-0.3, -0.25) is 13.9 Å². The van der Waals surface area contributed by atoms with Crippen molar-refractivity contribution in [2.45, 2.75) is 65.1 Å². The summed E-state index contributed by atoms with van der Waals surface area (Å²) >= 11 is 12.4. The third kappa shape index (κ3) is 8.98. The third-order valence-electron chi connectivity index (χ3n) is 5.44. The topological polar surface area (TPSA) is 86.8 Å². The second kappa shape index (κ2) is 12.8. The highest BCUT2D eigenvalue weighted by Gasteiger charge is 2.31. The molecule has 0 heterocycles. The Morgan fingerprint density at radius 3 is 2.22 bits per heavy atom. The summed E-state index contributed by atoms with van der Waals surface area (Å²) in [5, 5.41) is 3.83. The molecule has 2 rings (SSSR count). The lowest BCUT2D eigenvalue weighted by molar-refractivity contribution is -0.142. The van der Waals surface area contributed by atoms with Crippen molar-refractivity contribution in [2.75, 3.05) is 17.1 Å². The van der Waals surface area contributed by atoms with Crippen molar-refractivity contribution >= 4 is 50.7 Å². The van der Waals surface area contributed by atoms with E-state index in [9.17, 15) is 18.0 Å². The van der Waals surface area contributed by atoms with Crippen LogP contribution < -0.4 is 9.62 Å². The van der Waals surface area contributed by atoms with Crippen molar-refractivity contribution < 1.29 is 18.0 Å². The minimum Gasteiger partial charge on any atom is -0.350 e. The minimum absolute atomic E-state index is 0.0589. The quantitative estimate of drug-likeness (QED) is 0.409. The van der Waals surface area contributed by atoms with Gasteiger partial charge in [0.1, 0.15) is 6.04 Å². The van der Waals surface area contributed by atoms with Crippen molar-refractivity contribution in [3.8, 4) is 0 Å². The number of carbonyl (C=O) groups is 2. The van der Waals surface area contributed by atoms with Crippen LogP contribution in [0.25, 0.3) is 0 Å². The van der Waals surface area contributed by atoms with Crippen LogP contribution in [0.15, 0.2) is 48.5 Å². The van der Waals surface area contributed by atoms with E-state index in [1.165, 1.54) is 9.21 Å². The van der Waals surface area contributed by atoms with Gasteiger partial charge in [0, 0.05) is 35.1 Å². The van der Waals surface area contributed by atoms with Crippen LogP contribution in [0.1, 0.15) is 52.5 Å². The monoisotopic (exact) mass is 555 g/mol. The molecule has 2 aromatic carbocycles. The van der Waals surface area contributed by atoms with E-state index in [-0.39, 0.29) is 37.7 Å². The standard InChI is InChI=1S/C26H35Cl2N3O4S/c1-6-23(25(33)29-26(2,3)4)30(18-19-14-15-20(27)17-22(19)28)24(32)13-10-16-31(36(5,34)35)21-11-8-7-9-12-21/h7-9,11-12,14-15,17,23H,6,10,13,16,18H2,1-5H3,(H,29,33). The highest BCUT2D eigenvalue weighted by atomic mass is 35.5. The van der Waals surface area contributed by atoms with E-state index in [0.29, 0.717) is 27.7 Å². The van der Waals surface area contributed by atoms with Gasteiger partial charge in [-0.1, -0.05) is 54.4 Å². The first-order valence-electron chi connectivity index (χ1n) is 11.8. The molecule has 198 valence electrons. The van der Waals surface area contributed by atoms with E-state index in [2.05, 4.69) is 5.32 Å². The van der Waals surface area contributed by atoms with Crippen molar-refractivity contribution in [3.63, 3.8) is 0 Å². The molecule has 1 atom stereocenters. The highest BCUT2D eigenvalue weighted by molar-refractivity contribution is 7.92. The van der Waals surface area contributed by atoms with Crippen LogP contribution in [0.3, 0.4) is 0 Å². The second-order valence-electron chi connectivity index (χ2n) is 9.69. The van der Waals surface area contributed by atoms with Crippen molar-refractivity contribution in [3.05, 3.63) is 64.1 Å². The molecule has 0 saturated carbocycles. The SMILES string of the molecule is CCC(C(=O)NC(C)(C)C)N(Cc1ccc(Cl)cc1Cl)C(=O)CCCN(c1ccccc1)S(C)(=O)=O. The molecular formula is C26H35Cl2N3O4S. The number of benzene rings is 2. The van der Waals surface area contributed by atoms with Crippen LogP contribution in [0.4, 0.5) is 5.69 Å². The minimum atomic E-state index is -3.53. The van der Waals surface area contributed by atoms with Gasteiger partial charge in [0.05, 0.1) is 11.9 Å². The number of para-hydroxylation sites is 1. The summed E-state index contributed by atoms with van der Waals surface area (Å²) < 4.78 is 26.0. The molecule has 0 aliphatic carbocycles. The maximum atomic E-state index is 13.5. The second-order valence-corrected chi connectivity index (χ2v) is 12.4.